The third kappa shape index (κ3) is 31.7. The Morgan fingerprint density at radius 1 is 0.818 bits per heavy atom. The molecule has 0 aromatic carbocycles. The summed E-state index contributed by atoms with van der Waals surface area (Å²) < 4.78 is 9.75. The molecule has 0 rings (SSSR count). The smallest absolute Gasteiger partial charge is 0.316 e. The van der Waals surface area contributed by atoms with E-state index >= 15 is 0 Å². The number of aliphatic carboxylic acids is 2. The average molecular weight is 362 g/mol. The first-order valence-corrected chi connectivity index (χ1v) is 7.42. The molecule has 0 aliphatic heterocycles. The zero-order valence-corrected chi connectivity index (χ0v) is 14.5. The molecule has 134 valence electrons. The van der Waals surface area contributed by atoms with E-state index in [-0.39, 0.29) is 13.2 Å². The summed E-state index contributed by atoms with van der Waals surface area (Å²) in [6.45, 7) is 4.74. The van der Waals surface area contributed by atoms with Crippen LogP contribution in [0.4, 0.5) is 0 Å². The number of carbonyl (C=O) groups is 2. The molecule has 0 fully saturated rings. The minimum atomic E-state index is -0.877. The number of rotatable bonds is 9. The largest absolute Gasteiger partial charge is 0.480 e. The van der Waals surface area contributed by atoms with Gasteiger partial charge in [-0.15, -0.1) is 0 Å². The second-order valence-corrected chi connectivity index (χ2v) is 5.25. The minimum absolute atomic E-state index is 0.0417. The Kier molecular flexibility index (Phi) is 24.6. The Morgan fingerprint density at radius 3 is 1.18 bits per heavy atom. The molecular weight excluding hydrogens is 336 g/mol. The Morgan fingerprint density at radius 2 is 1.05 bits per heavy atom. The van der Waals surface area contributed by atoms with Gasteiger partial charge in [-0.3, -0.25) is 9.59 Å². The van der Waals surface area contributed by atoms with E-state index in [0.717, 1.165) is 0 Å². The molecule has 0 saturated carbocycles. The lowest BCUT2D eigenvalue weighted by Crippen LogP contribution is -2.09. The van der Waals surface area contributed by atoms with Crippen molar-refractivity contribution in [1.29, 1.82) is 0 Å². The van der Waals surface area contributed by atoms with Crippen LogP contribution in [0, 0.1) is 0 Å². The first kappa shape index (κ1) is 26.4. The van der Waals surface area contributed by atoms with Crippen molar-refractivity contribution < 1.29 is 39.5 Å². The molecular formula is C12H26O8S2. The predicted molar refractivity (Wildman–Crippen MR) is 88.0 cm³/mol. The quantitative estimate of drug-likeness (QED) is 0.245. The summed E-state index contributed by atoms with van der Waals surface area (Å²) in [5, 5.41) is 31.3. The normalized spacial score (nSPS) is 12.1. The number of thiol groups is 2. The fraction of sp³-hybridized carbons (Fsp3) is 0.833. The highest BCUT2D eigenvalue weighted by Gasteiger charge is 2.00. The van der Waals surface area contributed by atoms with Gasteiger partial charge in [0.05, 0.1) is 50.1 Å². The highest BCUT2D eigenvalue weighted by atomic mass is 32.1. The van der Waals surface area contributed by atoms with Gasteiger partial charge in [0.25, 0.3) is 0 Å². The highest BCUT2D eigenvalue weighted by Crippen LogP contribution is 1.88. The minimum Gasteiger partial charge on any atom is -0.480 e. The summed E-state index contributed by atoms with van der Waals surface area (Å²) >= 11 is 7.19. The van der Waals surface area contributed by atoms with E-state index in [1.54, 1.807) is 0 Å². The zero-order chi connectivity index (χ0) is 18.0. The topological polar surface area (TPSA) is 134 Å². The molecule has 0 radical (unpaired) electrons. The van der Waals surface area contributed by atoms with Crippen molar-refractivity contribution in [3.05, 3.63) is 0 Å². The van der Waals surface area contributed by atoms with E-state index < -0.39 is 22.4 Å². The number of hydrogen-bond donors (Lipinski definition) is 6. The molecule has 0 aromatic heterocycles. The van der Waals surface area contributed by atoms with Gasteiger partial charge in [-0.05, 0) is 13.8 Å². The van der Waals surface area contributed by atoms with Gasteiger partial charge in [-0.1, -0.05) is 0 Å². The van der Waals surface area contributed by atoms with E-state index in [1.807, 2.05) is 0 Å². The van der Waals surface area contributed by atoms with Gasteiger partial charge < -0.3 is 29.9 Å². The molecule has 22 heavy (non-hydrogen) atoms. The average Bonchev–Trinajstić information content (AvgIpc) is 2.44. The predicted octanol–water partition coefficient (Wildman–Crippen LogP) is -0.217. The van der Waals surface area contributed by atoms with Crippen molar-refractivity contribution in [2.75, 3.05) is 39.6 Å². The number of carboxylic acids is 2. The van der Waals surface area contributed by atoms with E-state index in [4.69, 9.17) is 29.9 Å². The van der Waals surface area contributed by atoms with E-state index in [2.05, 4.69) is 25.3 Å². The zero-order valence-electron chi connectivity index (χ0n) is 12.7. The van der Waals surface area contributed by atoms with Crippen molar-refractivity contribution >= 4 is 37.2 Å². The maximum atomic E-state index is 9.62. The molecule has 2 atom stereocenters. The Labute approximate surface area is 141 Å². The lowest BCUT2D eigenvalue weighted by molar-refractivity contribution is -0.137. The van der Waals surface area contributed by atoms with Gasteiger partial charge in [0.2, 0.25) is 0 Å². The standard InChI is InChI=1S/C6H14O4.2C3H6O2S/c7-1-3-9-5-6-10-4-2-8;2*1-2(6)3(4)5/h7-8H,1-6H2;2*2,6H,1H3,(H,4,5). The van der Waals surface area contributed by atoms with Gasteiger partial charge in [0, 0.05) is 0 Å². The molecule has 0 bridgehead atoms. The van der Waals surface area contributed by atoms with Crippen LogP contribution in [0.2, 0.25) is 0 Å². The third-order valence-corrected chi connectivity index (χ3v) is 2.00. The van der Waals surface area contributed by atoms with Crippen molar-refractivity contribution in [3.8, 4) is 0 Å². The molecule has 0 aromatic rings. The highest BCUT2D eigenvalue weighted by molar-refractivity contribution is 7.81. The third-order valence-electron chi connectivity index (χ3n) is 1.56. The summed E-state index contributed by atoms with van der Waals surface area (Å²) in [5.74, 6) is -1.75. The van der Waals surface area contributed by atoms with E-state index in [9.17, 15) is 9.59 Å². The number of aliphatic hydroxyl groups is 2. The van der Waals surface area contributed by atoms with Crippen LogP contribution in [0.1, 0.15) is 13.8 Å². The molecule has 2 unspecified atom stereocenters. The van der Waals surface area contributed by atoms with Crippen LogP contribution in [0.15, 0.2) is 0 Å². The summed E-state index contributed by atoms with van der Waals surface area (Å²) in [5.41, 5.74) is 0. The van der Waals surface area contributed by atoms with Crippen molar-refractivity contribution in [3.63, 3.8) is 0 Å². The molecule has 0 aliphatic carbocycles. The second-order valence-electron chi connectivity index (χ2n) is 3.70. The van der Waals surface area contributed by atoms with Gasteiger partial charge in [-0.2, -0.15) is 25.3 Å². The molecule has 8 nitrogen and oxygen atoms in total. The molecule has 0 spiro atoms. The van der Waals surface area contributed by atoms with Crippen LogP contribution in [0.25, 0.3) is 0 Å². The van der Waals surface area contributed by atoms with Crippen LogP contribution < -0.4 is 0 Å². The Hall–Kier alpha value is -0.520. The first-order valence-electron chi connectivity index (χ1n) is 6.39. The molecule has 10 heteroatoms. The molecule has 4 N–H and O–H groups in total. The van der Waals surface area contributed by atoms with Gasteiger partial charge in [0.1, 0.15) is 0 Å². The number of ether oxygens (including phenoxy) is 2. The molecule has 0 saturated heterocycles. The van der Waals surface area contributed by atoms with Crippen LogP contribution in [-0.2, 0) is 19.1 Å². The van der Waals surface area contributed by atoms with E-state index in [1.165, 1.54) is 13.8 Å². The second kappa shape index (κ2) is 20.5. The van der Waals surface area contributed by atoms with Crippen molar-refractivity contribution in [2.45, 2.75) is 24.3 Å². The van der Waals surface area contributed by atoms with Crippen LogP contribution in [-0.4, -0.2) is 82.5 Å². The number of aliphatic hydroxyl groups excluding tert-OH is 2. The van der Waals surface area contributed by atoms with Gasteiger partial charge in [0.15, 0.2) is 0 Å². The molecule has 0 amide bonds. The maximum absolute atomic E-state index is 9.62. The summed E-state index contributed by atoms with van der Waals surface area (Å²) in [6, 6.07) is 0. The maximum Gasteiger partial charge on any atom is 0.316 e. The lowest BCUT2D eigenvalue weighted by Gasteiger charge is -2.01. The fourth-order valence-corrected chi connectivity index (χ4v) is 0.451. The summed E-state index contributed by atoms with van der Waals surface area (Å²) in [4.78, 5) is 19.2. The van der Waals surface area contributed by atoms with E-state index in [0.29, 0.717) is 26.4 Å². The van der Waals surface area contributed by atoms with Crippen molar-refractivity contribution in [2.24, 2.45) is 0 Å². The Balaban J connectivity index is -0.000000261. The first-order chi connectivity index (χ1) is 10.2. The molecule has 0 heterocycles. The van der Waals surface area contributed by atoms with Crippen LogP contribution in [0.3, 0.4) is 0 Å². The molecule has 0 aliphatic rings. The summed E-state index contributed by atoms with van der Waals surface area (Å²) in [7, 11) is 0. The van der Waals surface area contributed by atoms with Gasteiger partial charge in [-0.25, -0.2) is 0 Å². The lowest BCUT2D eigenvalue weighted by atomic mass is 10.5. The Bertz CT molecular complexity index is 236. The van der Waals surface area contributed by atoms with Crippen molar-refractivity contribution in [1.82, 2.24) is 0 Å². The monoisotopic (exact) mass is 362 g/mol. The van der Waals surface area contributed by atoms with Gasteiger partial charge >= 0.3 is 11.9 Å². The van der Waals surface area contributed by atoms with Crippen LogP contribution >= 0.6 is 25.3 Å². The summed E-state index contributed by atoms with van der Waals surface area (Å²) in [6.07, 6.45) is 0. The SMILES string of the molecule is CC(S)C(=O)O.CC(S)C(=O)O.OCCOCCOCCO. The van der Waals surface area contributed by atoms with Crippen LogP contribution in [0.5, 0.6) is 0 Å². The number of hydrogen-bond acceptors (Lipinski definition) is 8. The number of carboxylic acid groups (broad SMARTS) is 2. The fourth-order valence-electron chi connectivity index (χ4n) is 0.451.